The number of carbonyl (C=O) groups is 2. The van der Waals surface area contributed by atoms with Crippen LogP contribution in [0.1, 0.15) is 34.0 Å². The fraction of sp³-hybridized carbons (Fsp3) is 0.333. The van der Waals surface area contributed by atoms with Gasteiger partial charge in [-0.25, -0.2) is 5.48 Å². The highest BCUT2D eigenvalue weighted by molar-refractivity contribution is 5.97. The number of morpholine rings is 1. The number of nitrogens with one attached hydrogen (secondary N) is 2. The first-order valence-corrected chi connectivity index (χ1v) is 10.6. The molecule has 1 aliphatic rings. The third-order valence-electron chi connectivity index (χ3n) is 5.29. The van der Waals surface area contributed by atoms with E-state index in [-0.39, 0.29) is 0 Å². The molecule has 170 valence electrons. The first-order valence-electron chi connectivity index (χ1n) is 10.6. The van der Waals surface area contributed by atoms with Crippen LogP contribution in [-0.4, -0.2) is 65.5 Å². The Labute approximate surface area is 187 Å². The molecule has 2 aromatic rings. The van der Waals surface area contributed by atoms with Gasteiger partial charge in [-0.3, -0.25) is 19.7 Å². The van der Waals surface area contributed by atoms with E-state index >= 15 is 0 Å². The summed E-state index contributed by atoms with van der Waals surface area (Å²) in [5.41, 5.74) is 5.04. The minimum atomic E-state index is -1.25. The van der Waals surface area contributed by atoms with E-state index in [1.807, 2.05) is 12.2 Å². The Bertz CT molecular complexity index is 920. The summed E-state index contributed by atoms with van der Waals surface area (Å²) in [6.07, 6.45) is 2.80. The lowest BCUT2D eigenvalue weighted by Crippen LogP contribution is -2.51. The summed E-state index contributed by atoms with van der Waals surface area (Å²) in [6, 6.07) is 14.0. The summed E-state index contributed by atoms with van der Waals surface area (Å²) in [5.74, 6) is -1.41. The minimum absolute atomic E-state index is 0.339. The molecule has 1 fully saturated rings. The molecule has 1 heterocycles. The largest absolute Gasteiger partial charge is 0.391 e. The number of hydroxylamine groups is 1. The van der Waals surface area contributed by atoms with Gasteiger partial charge in [-0.1, -0.05) is 48.6 Å². The zero-order valence-electron chi connectivity index (χ0n) is 18.0. The number of aliphatic hydroxyl groups excluding tert-OH is 1. The van der Waals surface area contributed by atoms with Crippen molar-refractivity contribution in [1.29, 1.82) is 0 Å². The Balaban J connectivity index is 1.56. The maximum absolute atomic E-state index is 12.3. The van der Waals surface area contributed by atoms with Gasteiger partial charge < -0.3 is 15.2 Å². The molecule has 0 unspecified atom stereocenters. The fourth-order valence-electron chi connectivity index (χ4n) is 3.39. The standard InChI is InChI=1S/C24H29N3O5/c1-17(28)22(24(30)26-31)25-23(29)21-10-8-19(9-11-21)3-2-18-4-6-20(7-5-18)16-27-12-14-32-15-13-27/h2-11,17,22,28,31H,12-16H2,1H3,(H,25,29)(H,26,30)/b3-2+/t17-,22+/m1/s1. The van der Waals surface area contributed by atoms with Crippen LogP contribution >= 0.6 is 0 Å². The SMILES string of the molecule is C[C@@H](O)[C@H](NC(=O)c1ccc(/C=C/c2ccc(CN3CCOCC3)cc2)cc1)C(=O)NO. The Hall–Kier alpha value is -3.04. The van der Waals surface area contributed by atoms with E-state index in [2.05, 4.69) is 34.5 Å². The molecule has 0 aliphatic carbocycles. The third-order valence-corrected chi connectivity index (χ3v) is 5.29. The summed E-state index contributed by atoms with van der Waals surface area (Å²) < 4.78 is 5.38. The molecule has 0 bridgehead atoms. The van der Waals surface area contributed by atoms with Crippen molar-refractivity contribution in [3.05, 3.63) is 70.8 Å². The van der Waals surface area contributed by atoms with Crippen molar-refractivity contribution in [3.8, 4) is 0 Å². The zero-order chi connectivity index (χ0) is 22.9. The van der Waals surface area contributed by atoms with E-state index < -0.39 is 24.0 Å². The molecule has 0 saturated carbocycles. The van der Waals surface area contributed by atoms with E-state index in [0.717, 1.165) is 44.0 Å². The zero-order valence-corrected chi connectivity index (χ0v) is 18.0. The number of rotatable bonds is 8. The summed E-state index contributed by atoms with van der Waals surface area (Å²) in [5, 5.41) is 20.8. The minimum Gasteiger partial charge on any atom is -0.391 e. The predicted octanol–water partition coefficient (Wildman–Crippen LogP) is 1.67. The lowest BCUT2D eigenvalue weighted by atomic mass is 10.1. The van der Waals surface area contributed by atoms with Crippen LogP contribution < -0.4 is 10.8 Å². The molecule has 2 aromatic carbocycles. The maximum atomic E-state index is 12.3. The number of benzene rings is 2. The molecule has 3 rings (SSSR count). The summed E-state index contributed by atoms with van der Waals surface area (Å²) in [6.45, 7) is 5.78. The first kappa shape index (κ1) is 23.6. The lowest BCUT2D eigenvalue weighted by molar-refractivity contribution is -0.133. The van der Waals surface area contributed by atoms with Crippen LogP contribution in [0.2, 0.25) is 0 Å². The normalized spacial score (nSPS) is 16.5. The van der Waals surface area contributed by atoms with Crippen molar-refractivity contribution in [2.24, 2.45) is 0 Å². The van der Waals surface area contributed by atoms with Gasteiger partial charge in [0.15, 0.2) is 0 Å². The Morgan fingerprint density at radius 2 is 1.59 bits per heavy atom. The maximum Gasteiger partial charge on any atom is 0.268 e. The summed E-state index contributed by atoms with van der Waals surface area (Å²) in [7, 11) is 0. The van der Waals surface area contributed by atoms with Crippen molar-refractivity contribution >= 4 is 24.0 Å². The molecule has 2 atom stereocenters. The van der Waals surface area contributed by atoms with Gasteiger partial charge >= 0.3 is 0 Å². The average Bonchev–Trinajstić information content (AvgIpc) is 2.82. The van der Waals surface area contributed by atoms with Crippen LogP contribution in [0.15, 0.2) is 48.5 Å². The topological polar surface area (TPSA) is 111 Å². The molecule has 0 spiro atoms. The van der Waals surface area contributed by atoms with Crippen molar-refractivity contribution in [2.75, 3.05) is 26.3 Å². The molecule has 8 heteroatoms. The van der Waals surface area contributed by atoms with E-state index in [1.165, 1.54) is 18.0 Å². The van der Waals surface area contributed by atoms with Crippen LogP contribution in [0.3, 0.4) is 0 Å². The second-order valence-corrected chi connectivity index (χ2v) is 7.75. The third kappa shape index (κ3) is 6.73. The van der Waals surface area contributed by atoms with E-state index in [0.29, 0.717) is 5.56 Å². The van der Waals surface area contributed by atoms with Crippen LogP contribution in [0.25, 0.3) is 12.2 Å². The monoisotopic (exact) mass is 439 g/mol. The predicted molar refractivity (Wildman–Crippen MR) is 121 cm³/mol. The summed E-state index contributed by atoms with van der Waals surface area (Å²) in [4.78, 5) is 26.3. The number of aliphatic hydroxyl groups is 1. The number of carbonyl (C=O) groups excluding carboxylic acids is 2. The molecular weight excluding hydrogens is 410 g/mol. The van der Waals surface area contributed by atoms with Crippen LogP contribution in [0, 0.1) is 0 Å². The molecule has 2 amide bonds. The number of nitrogens with zero attached hydrogens (tertiary/aromatic N) is 1. The van der Waals surface area contributed by atoms with E-state index in [4.69, 9.17) is 9.94 Å². The summed E-state index contributed by atoms with van der Waals surface area (Å²) >= 11 is 0. The Kier molecular flexibility index (Phi) is 8.52. The van der Waals surface area contributed by atoms with Gasteiger partial charge in [0.2, 0.25) is 0 Å². The molecule has 8 nitrogen and oxygen atoms in total. The Morgan fingerprint density at radius 3 is 2.12 bits per heavy atom. The molecule has 1 saturated heterocycles. The van der Waals surface area contributed by atoms with Crippen molar-refractivity contribution < 1.29 is 24.6 Å². The van der Waals surface area contributed by atoms with Crippen molar-refractivity contribution in [1.82, 2.24) is 15.7 Å². The average molecular weight is 440 g/mol. The number of ether oxygens (including phenoxy) is 1. The molecule has 0 radical (unpaired) electrons. The van der Waals surface area contributed by atoms with Crippen LogP contribution in [0.5, 0.6) is 0 Å². The highest BCUT2D eigenvalue weighted by atomic mass is 16.5. The van der Waals surface area contributed by atoms with E-state index in [1.54, 1.807) is 24.3 Å². The first-order chi connectivity index (χ1) is 15.5. The number of amides is 2. The fourth-order valence-corrected chi connectivity index (χ4v) is 3.39. The smallest absolute Gasteiger partial charge is 0.268 e. The van der Waals surface area contributed by atoms with Gasteiger partial charge in [0, 0.05) is 25.2 Å². The second-order valence-electron chi connectivity index (χ2n) is 7.75. The molecular formula is C24H29N3O5. The molecule has 4 N–H and O–H groups in total. The van der Waals surface area contributed by atoms with Crippen LogP contribution in [-0.2, 0) is 16.1 Å². The Morgan fingerprint density at radius 1 is 1.03 bits per heavy atom. The molecule has 0 aromatic heterocycles. The quantitative estimate of drug-likeness (QED) is 0.283. The van der Waals surface area contributed by atoms with Crippen molar-refractivity contribution in [2.45, 2.75) is 25.6 Å². The van der Waals surface area contributed by atoms with Gasteiger partial charge in [-0.15, -0.1) is 0 Å². The highest BCUT2D eigenvalue weighted by Gasteiger charge is 2.25. The van der Waals surface area contributed by atoms with Gasteiger partial charge in [0.1, 0.15) is 6.04 Å². The van der Waals surface area contributed by atoms with Gasteiger partial charge in [0.05, 0.1) is 19.3 Å². The van der Waals surface area contributed by atoms with Gasteiger partial charge in [-0.2, -0.15) is 0 Å². The van der Waals surface area contributed by atoms with Crippen molar-refractivity contribution in [3.63, 3.8) is 0 Å². The van der Waals surface area contributed by atoms with Crippen LogP contribution in [0.4, 0.5) is 0 Å². The number of hydrogen-bond acceptors (Lipinski definition) is 6. The second kappa shape index (κ2) is 11.5. The highest BCUT2D eigenvalue weighted by Crippen LogP contribution is 2.13. The number of hydrogen-bond donors (Lipinski definition) is 4. The lowest BCUT2D eigenvalue weighted by Gasteiger charge is -2.26. The van der Waals surface area contributed by atoms with Gasteiger partial charge in [0.25, 0.3) is 11.8 Å². The molecule has 32 heavy (non-hydrogen) atoms. The van der Waals surface area contributed by atoms with Gasteiger partial charge in [-0.05, 0) is 35.7 Å². The van der Waals surface area contributed by atoms with E-state index in [9.17, 15) is 14.7 Å². The molecule has 1 aliphatic heterocycles.